The van der Waals surface area contributed by atoms with Crippen molar-refractivity contribution in [3.05, 3.63) is 52.0 Å². The number of carbonyl (C=O) groups excluding carboxylic acids is 1. The van der Waals surface area contributed by atoms with Gasteiger partial charge in [0.15, 0.2) is 6.29 Å². The van der Waals surface area contributed by atoms with E-state index in [1.165, 1.54) is 13.0 Å². The lowest BCUT2D eigenvalue weighted by Gasteiger charge is -2.39. The van der Waals surface area contributed by atoms with Gasteiger partial charge in [0.25, 0.3) is 0 Å². The normalized spacial score (nSPS) is 18.7. The lowest BCUT2D eigenvalue weighted by Crippen LogP contribution is -2.51. The summed E-state index contributed by atoms with van der Waals surface area (Å²) >= 11 is 0. The molecule has 1 saturated carbocycles. The lowest BCUT2D eigenvalue weighted by molar-refractivity contribution is -0.138. The molecular weight excluding hydrogens is 461 g/mol. The first-order valence-corrected chi connectivity index (χ1v) is 11.8. The maximum Gasteiger partial charge on any atom is 0.416 e. The number of hydrogen-bond donors (Lipinski definition) is 2. The highest BCUT2D eigenvalue weighted by atomic mass is 19.4. The van der Waals surface area contributed by atoms with Crippen LogP contribution in [0.3, 0.4) is 0 Å². The molecule has 190 valence electrons. The number of benzene rings is 1. The Morgan fingerprint density at radius 1 is 1.20 bits per heavy atom. The van der Waals surface area contributed by atoms with Gasteiger partial charge in [-0.05, 0) is 64.2 Å². The molecule has 1 amide bonds. The first-order chi connectivity index (χ1) is 16.5. The van der Waals surface area contributed by atoms with Gasteiger partial charge in [-0.1, -0.05) is 12.1 Å². The molecule has 1 atom stereocenters. The van der Waals surface area contributed by atoms with Gasteiger partial charge in [-0.3, -0.25) is 4.79 Å². The van der Waals surface area contributed by atoms with Crippen LogP contribution in [-0.4, -0.2) is 34.6 Å². The van der Waals surface area contributed by atoms with Crippen LogP contribution >= 0.6 is 0 Å². The summed E-state index contributed by atoms with van der Waals surface area (Å²) in [6, 6.07) is 3.62. The van der Waals surface area contributed by atoms with E-state index in [9.17, 15) is 18.0 Å². The molecule has 1 aliphatic carbocycles. The molecule has 2 fully saturated rings. The van der Waals surface area contributed by atoms with Gasteiger partial charge in [-0.2, -0.15) is 13.2 Å². The Bertz CT molecular complexity index is 1100. The summed E-state index contributed by atoms with van der Waals surface area (Å²) in [5.41, 5.74) is 0.739. The van der Waals surface area contributed by atoms with Crippen LogP contribution in [0, 0.1) is 13.8 Å². The maximum atomic E-state index is 13.5. The summed E-state index contributed by atoms with van der Waals surface area (Å²) in [6.07, 6.45) is -2.24. The Kier molecular flexibility index (Phi) is 7.06. The van der Waals surface area contributed by atoms with Gasteiger partial charge in [0.05, 0.1) is 42.5 Å². The molecule has 10 heteroatoms. The fourth-order valence-electron chi connectivity index (χ4n) is 4.73. The molecule has 7 nitrogen and oxygen atoms in total. The highest BCUT2D eigenvalue weighted by molar-refractivity contribution is 5.80. The first kappa shape index (κ1) is 25.4. The zero-order valence-corrected chi connectivity index (χ0v) is 20.4. The Hall–Kier alpha value is -2.72. The van der Waals surface area contributed by atoms with Gasteiger partial charge in [0.2, 0.25) is 5.91 Å². The molecule has 2 aromatic rings. The molecule has 2 N–H and O–H groups in total. The van der Waals surface area contributed by atoms with Gasteiger partial charge in [-0.15, -0.1) is 0 Å². The molecule has 2 heterocycles. The summed E-state index contributed by atoms with van der Waals surface area (Å²) in [6.45, 7) is 7.72. The number of alkyl halides is 3. The molecule has 0 unspecified atom stereocenters. The zero-order chi connectivity index (χ0) is 25.4. The molecule has 2 aliphatic rings. The highest BCUT2D eigenvalue weighted by Crippen LogP contribution is 2.37. The second-order valence-corrected chi connectivity index (χ2v) is 9.58. The van der Waals surface area contributed by atoms with Crippen LogP contribution in [0.4, 0.5) is 19.0 Å². The Labute approximate surface area is 202 Å². The molecule has 35 heavy (non-hydrogen) atoms. The first-order valence-electron chi connectivity index (χ1n) is 11.8. The van der Waals surface area contributed by atoms with Crippen molar-refractivity contribution >= 4 is 11.7 Å². The predicted octanol–water partition coefficient (Wildman–Crippen LogP) is 4.93. The topological polar surface area (TPSA) is 85.4 Å². The maximum absolute atomic E-state index is 13.5. The molecule has 0 bridgehead atoms. The van der Waals surface area contributed by atoms with Gasteiger partial charge in [0.1, 0.15) is 11.6 Å². The predicted molar refractivity (Wildman–Crippen MR) is 124 cm³/mol. The fraction of sp³-hybridized carbons (Fsp3) is 0.560. The van der Waals surface area contributed by atoms with Crippen molar-refractivity contribution in [1.82, 2.24) is 15.3 Å². The van der Waals surface area contributed by atoms with Crippen molar-refractivity contribution in [3.63, 3.8) is 0 Å². The number of nitrogens with zero attached hydrogens (tertiary/aromatic N) is 2. The number of amides is 1. The minimum atomic E-state index is -4.44. The molecular formula is C25H31F3N4O3. The smallest absolute Gasteiger partial charge is 0.363 e. The average molecular weight is 493 g/mol. The van der Waals surface area contributed by atoms with E-state index in [1.54, 1.807) is 19.9 Å². The van der Waals surface area contributed by atoms with Crippen LogP contribution in [0.15, 0.2) is 18.2 Å². The average Bonchev–Trinajstić information content (AvgIpc) is 3.25. The summed E-state index contributed by atoms with van der Waals surface area (Å²) < 4.78 is 51.8. The number of hydrogen-bond acceptors (Lipinski definition) is 6. The summed E-state index contributed by atoms with van der Waals surface area (Å²) in [4.78, 5) is 21.9. The number of aromatic nitrogens is 2. The summed E-state index contributed by atoms with van der Waals surface area (Å²) in [5, 5.41) is 6.32. The van der Waals surface area contributed by atoms with Crippen LogP contribution in [-0.2, 0) is 26.9 Å². The monoisotopic (exact) mass is 492 g/mol. The molecule has 1 saturated heterocycles. The van der Waals surface area contributed by atoms with Crippen molar-refractivity contribution in [2.45, 2.75) is 77.4 Å². The molecule has 1 aliphatic heterocycles. The second-order valence-electron chi connectivity index (χ2n) is 9.58. The van der Waals surface area contributed by atoms with E-state index < -0.39 is 24.1 Å². The van der Waals surface area contributed by atoms with E-state index in [4.69, 9.17) is 9.47 Å². The van der Waals surface area contributed by atoms with Crippen LogP contribution in [0.25, 0.3) is 0 Å². The van der Waals surface area contributed by atoms with E-state index in [2.05, 4.69) is 20.6 Å². The minimum absolute atomic E-state index is 0.0170. The summed E-state index contributed by atoms with van der Waals surface area (Å²) in [5.74, 6) is 0.656. The molecule has 1 aromatic carbocycles. The van der Waals surface area contributed by atoms with E-state index in [0.29, 0.717) is 41.7 Å². The number of halogens is 3. The fourth-order valence-corrected chi connectivity index (χ4v) is 4.73. The lowest BCUT2D eigenvalue weighted by atomic mass is 9.78. The van der Waals surface area contributed by atoms with Crippen molar-refractivity contribution in [3.8, 4) is 0 Å². The van der Waals surface area contributed by atoms with E-state index >= 15 is 0 Å². The van der Waals surface area contributed by atoms with Gasteiger partial charge >= 0.3 is 6.18 Å². The summed E-state index contributed by atoms with van der Waals surface area (Å²) in [7, 11) is 0. The molecule has 1 aromatic heterocycles. The number of carbonyl (C=O) groups is 1. The molecule has 0 spiro atoms. The highest BCUT2D eigenvalue weighted by Gasteiger charge is 2.35. The quantitative estimate of drug-likeness (QED) is 0.570. The van der Waals surface area contributed by atoms with E-state index in [1.807, 2.05) is 6.92 Å². The van der Waals surface area contributed by atoms with E-state index in [-0.39, 0.29) is 23.4 Å². The number of nitrogens with one attached hydrogen (secondary N) is 2. The third kappa shape index (κ3) is 5.59. The third-order valence-electron chi connectivity index (χ3n) is 6.72. The largest absolute Gasteiger partial charge is 0.416 e. The van der Waals surface area contributed by atoms with E-state index in [0.717, 1.165) is 25.3 Å². The Morgan fingerprint density at radius 2 is 1.89 bits per heavy atom. The number of anilines is 1. The van der Waals surface area contributed by atoms with Crippen LogP contribution < -0.4 is 10.6 Å². The SMILES string of the molecule is Cc1nc(CC(=O)NC2(C)CCC2)c(C2OCCO2)c(N[C@H](C)c2cccc(C(F)(F)F)c2C)n1. The number of rotatable bonds is 7. The molecule has 0 radical (unpaired) electrons. The van der Waals surface area contributed by atoms with Crippen LogP contribution in [0.2, 0.25) is 0 Å². The third-order valence-corrected chi connectivity index (χ3v) is 6.72. The minimum Gasteiger partial charge on any atom is -0.363 e. The van der Waals surface area contributed by atoms with Crippen molar-refractivity contribution in [2.75, 3.05) is 18.5 Å². The van der Waals surface area contributed by atoms with Gasteiger partial charge in [-0.25, -0.2) is 9.97 Å². The van der Waals surface area contributed by atoms with Crippen molar-refractivity contribution in [1.29, 1.82) is 0 Å². The standard InChI is InChI=1S/C25H31F3N4O3/c1-14-17(7-5-8-18(14)25(26,27)28)15(2)29-22-21(23-34-11-12-35-23)19(30-16(3)31-22)13-20(33)32-24(4)9-6-10-24/h5,7-8,15,23H,6,9-13H2,1-4H3,(H,32,33)(H,29,30,31)/t15-/m1/s1. The molecule has 4 rings (SSSR count). The van der Waals surface area contributed by atoms with Crippen molar-refractivity contribution < 1.29 is 27.4 Å². The number of aryl methyl sites for hydroxylation is 1. The van der Waals surface area contributed by atoms with Gasteiger partial charge in [0, 0.05) is 5.54 Å². The van der Waals surface area contributed by atoms with Gasteiger partial charge < -0.3 is 20.1 Å². The van der Waals surface area contributed by atoms with Crippen LogP contribution in [0.5, 0.6) is 0 Å². The Morgan fingerprint density at radius 3 is 2.49 bits per heavy atom. The van der Waals surface area contributed by atoms with Crippen LogP contribution in [0.1, 0.15) is 79.2 Å². The second kappa shape index (κ2) is 9.73. The Balaban J connectivity index is 1.66. The van der Waals surface area contributed by atoms with Crippen molar-refractivity contribution in [2.24, 2.45) is 0 Å². The zero-order valence-electron chi connectivity index (χ0n) is 20.4. The number of ether oxygens (including phenoxy) is 2.